The van der Waals surface area contributed by atoms with E-state index >= 15 is 0 Å². The van der Waals surface area contributed by atoms with Crippen molar-refractivity contribution in [1.82, 2.24) is 4.98 Å². The number of hydrogen-bond donors (Lipinski definition) is 1. The monoisotopic (exact) mass is 414 g/mol. The molecule has 1 N–H and O–H groups in total. The lowest BCUT2D eigenvalue weighted by molar-refractivity contribution is -0.394. The number of nitrogens with zero attached hydrogens (tertiary/aromatic N) is 3. The SMILES string of the molecule is COc1ccccc1-c1csc(NC(=O)c2cc([N+](=O)[O-])cc([N+](=O)[O-])c2C)n1. The lowest BCUT2D eigenvalue weighted by atomic mass is 10.0. The molecule has 0 unspecified atom stereocenters. The number of nitro benzene ring substituents is 2. The number of ether oxygens (including phenoxy) is 1. The minimum absolute atomic E-state index is 0.0274. The maximum Gasteiger partial charge on any atom is 0.279 e. The number of methoxy groups -OCH3 is 1. The van der Waals surface area contributed by atoms with Crippen molar-refractivity contribution in [1.29, 1.82) is 0 Å². The molecule has 2 aromatic carbocycles. The van der Waals surface area contributed by atoms with Gasteiger partial charge in [-0.1, -0.05) is 12.1 Å². The number of para-hydroxylation sites is 1. The Hall–Kier alpha value is -3.86. The zero-order valence-corrected chi connectivity index (χ0v) is 16.1. The Morgan fingerprint density at radius 1 is 1.17 bits per heavy atom. The minimum atomic E-state index is -0.785. The van der Waals surface area contributed by atoms with Crippen molar-refractivity contribution in [2.45, 2.75) is 6.92 Å². The van der Waals surface area contributed by atoms with Crippen molar-refractivity contribution in [2.24, 2.45) is 0 Å². The third-order valence-electron chi connectivity index (χ3n) is 4.12. The van der Waals surface area contributed by atoms with Crippen LogP contribution in [-0.4, -0.2) is 27.8 Å². The normalized spacial score (nSPS) is 10.4. The first-order chi connectivity index (χ1) is 13.8. The Morgan fingerprint density at radius 3 is 2.55 bits per heavy atom. The maximum absolute atomic E-state index is 12.6. The number of thiazole rings is 1. The van der Waals surface area contributed by atoms with Crippen molar-refractivity contribution in [3.63, 3.8) is 0 Å². The number of amides is 1. The summed E-state index contributed by atoms with van der Waals surface area (Å²) in [7, 11) is 1.53. The summed E-state index contributed by atoms with van der Waals surface area (Å²) in [6, 6.07) is 9.06. The summed E-state index contributed by atoms with van der Waals surface area (Å²) >= 11 is 1.15. The van der Waals surface area contributed by atoms with Crippen LogP contribution in [0.25, 0.3) is 11.3 Å². The van der Waals surface area contributed by atoms with Crippen molar-refractivity contribution < 1.29 is 19.4 Å². The minimum Gasteiger partial charge on any atom is -0.496 e. The highest BCUT2D eigenvalue weighted by molar-refractivity contribution is 7.14. The fraction of sp³-hybridized carbons (Fsp3) is 0.111. The van der Waals surface area contributed by atoms with Crippen LogP contribution >= 0.6 is 11.3 Å². The van der Waals surface area contributed by atoms with E-state index in [-0.39, 0.29) is 16.3 Å². The average molecular weight is 414 g/mol. The van der Waals surface area contributed by atoms with Crippen LogP contribution < -0.4 is 10.1 Å². The standard InChI is InChI=1S/C18H14N4O6S/c1-10-13(7-11(21(24)25)8-15(10)22(26)27)17(23)20-18-19-14(9-29-18)12-5-3-4-6-16(12)28-2/h3-9H,1-2H3,(H,19,20,23). The lowest BCUT2D eigenvalue weighted by Gasteiger charge is -2.07. The van der Waals surface area contributed by atoms with E-state index in [1.807, 2.05) is 18.2 Å². The number of hydrogen-bond acceptors (Lipinski definition) is 8. The first-order valence-electron chi connectivity index (χ1n) is 8.15. The highest BCUT2D eigenvalue weighted by Gasteiger charge is 2.25. The van der Waals surface area contributed by atoms with Gasteiger partial charge in [0.05, 0.1) is 34.3 Å². The number of nitrogens with one attached hydrogen (secondary N) is 1. The van der Waals surface area contributed by atoms with Gasteiger partial charge in [0.1, 0.15) is 5.75 Å². The van der Waals surface area contributed by atoms with Crippen LogP contribution in [0.3, 0.4) is 0 Å². The topological polar surface area (TPSA) is 138 Å². The zero-order chi connectivity index (χ0) is 21.1. The van der Waals surface area contributed by atoms with Crippen LogP contribution in [0.1, 0.15) is 15.9 Å². The number of non-ortho nitro benzene ring substituents is 1. The molecule has 0 bridgehead atoms. The molecule has 0 aliphatic rings. The molecule has 10 nitrogen and oxygen atoms in total. The average Bonchev–Trinajstić information content (AvgIpc) is 3.15. The van der Waals surface area contributed by atoms with Gasteiger partial charge in [-0.2, -0.15) is 0 Å². The number of benzene rings is 2. The summed E-state index contributed by atoms with van der Waals surface area (Å²) in [5.74, 6) is -0.115. The molecule has 0 radical (unpaired) electrons. The van der Waals surface area contributed by atoms with Crippen molar-refractivity contribution in [3.05, 3.63) is 73.1 Å². The van der Waals surface area contributed by atoms with E-state index in [1.54, 1.807) is 11.4 Å². The van der Waals surface area contributed by atoms with Crippen molar-refractivity contribution in [3.8, 4) is 17.0 Å². The largest absolute Gasteiger partial charge is 0.496 e. The molecular weight excluding hydrogens is 400 g/mol. The van der Waals surface area contributed by atoms with E-state index < -0.39 is 27.1 Å². The van der Waals surface area contributed by atoms with Gasteiger partial charge in [0.15, 0.2) is 5.13 Å². The molecule has 0 spiro atoms. The highest BCUT2D eigenvalue weighted by Crippen LogP contribution is 2.33. The smallest absolute Gasteiger partial charge is 0.279 e. The number of rotatable bonds is 6. The first kappa shape index (κ1) is 19.9. The predicted molar refractivity (Wildman–Crippen MR) is 107 cm³/mol. The molecule has 0 aliphatic heterocycles. The van der Waals surface area contributed by atoms with Gasteiger partial charge in [0.25, 0.3) is 17.3 Å². The molecular formula is C18H14N4O6S. The number of nitro groups is 2. The van der Waals surface area contributed by atoms with E-state index in [1.165, 1.54) is 14.0 Å². The fourth-order valence-electron chi connectivity index (χ4n) is 2.69. The third kappa shape index (κ3) is 4.04. The Kier molecular flexibility index (Phi) is 5.50. The molecule has 148 valence electrons. The summed E-state index contributed by atoms with van der Waals surface area (Å²) in [4.78, 5) is 37.7. The highest BCUT2D eigenvalue weighted by atomic mass is 32.1. The number of anilines is 1. The Balaban J connectivity index is 1.93. The molecule has 0 saturated heterocycles. The van der Waals surface area contributed by atoms with Crippen LogP contribution in [-0.2, 0) is 0 Å². The molecule has 1 heterocycles. The van der Waals surface area contributed by atoms with Gasteiger partial charge in [-0.15, -0.1) is 11.3 Å². The fourth-order valence-corrected chi connectivity index (χ4v) is 3.40. The molecule has 0 aliphatic carbocycles. The van der Waals surface area contributed by atoms with Gasteiger partial charge in [-0.25, -0.2) is 4.98 Å². The number of carbonyl (C=O) groups excluding carboxylic acids is 1. The van der Waals surface area contributed by atoms with Crippen LogP contribution in [0.15, 0.2) is 41.8 Å². The van der Waals surface area contributed by atoms with E-state index in [4.69, 9.17) is 4.74 Å². The maximum atomic E-state index is 12.6. The van der Waals surface area contributed by atoms with Crippen LogP contribution in [0.4, 0.5) is 16.5 Å². The van der Waals surface area contributed by atoms with E-state index in [0.717, 1.165) is 29.0 Å². The second kappa shape index (κ2) is 8.02. The Labute approximate surface area is 168 Å². The molecule has 3 aromatic rings. The number of carbonyl (C=O) groups is 1. The zero-order valence-electron chi connectivity index (χ0n) is 15.2. The van der Waals surface area contributed by atoms with Gasteiger partial charge in [0, 0.05) is 22.6 Å². The molecule has 0 fully saturated rings. The van der Waals surface area contributed by atoms with E-state index in [2.05, 4.69) is 10.3 Å². The van der Waals surface area contributed by atoms with E-state index in [0.29, 0.717) is 11.4 Å². The molecule has 1 aromatic heterocycles. The van der Waals surface area contributed by atoms with Gasteiger partial charge in [0.2, 0.25) is 0 Å². The summed E-state index contributed by atoms with van der Waals surface area (Å²) < 4.78 is 5.30. The molecule has 11 heteroatoms. The molecule has 29 heavy (non-hydrogen) atoms. The Morgan fingerprint density at radius 2 is 1.90 bits per heavy atom. The van der Waals surface area contributed by atoms with Crippen LogP contribution in [0.5, 0.6) is 5.75 Å². The molecule has 3 rings (SSSR count). The number of aromatic nitrogens is 1. The summed E-state index contributed by atoms with van der Waals surface area (Å²) in [5.41, 5.74) is 0.123. The van der Waals surface area contributed by atoms with Crippen molar-refractivity contribution in [2.75, 3.05) is 12.4 Å². The van der Waals surface area contributed by atoms with Crippen LogP contribution in [0, 0.1) is 27.2 Å². The van der Waals surface area contributed by atoms with Crippen LogP contribution in [0.2, 0.25) is 0 Å². The first-order valence-corrected chi connectivity index (χ1v) is 9.03. The quantitative estimate of drug-likeness (QED) is 0.471. The van der Waals surface area contributed by atoms with Gasteiger partial charge in [-0.3, -0.25) is 30.3 Å². The summed E-state index contributed by atoms with van der Waals surface area (Å²) in [6.45, 7) is 1.36. The summed E-state index contributed by atoms with van der Waals surface area (Å²) in [6.07, 6.45) is 0. The molecule has 0 atom stereocenters. The molecule has 0 saturated carbocycles. The van der Waals surface area contributed by atoms with Gasteiger partial charge in [-0.05, 0) is 19.1 Å². The summed E-state index contributed by atoms with van der Waals surface area (Å²) in [5, 5.41) is 26.7. The molecule has 1 amide bonds. The Bertz CT molecular complexity index is 1130. The van der Waals surface area contributed by atoms with Gasteiger partial charge >= 0.3 is 0 Å². The van der Waals surface area contributed by atoms with E-state index in [9.17, 15) is 25.0 Å². The predicted octanol–water partition coefficient (Wildman–Crippen LogP) is 4.20. The second-order valence-corrected chi connectivity index (χ2v) is 6.70. The third-order valence-corrected chi connectivity index (χ3v) is 4.88. The van der Waals surface area contributed by atoms with Gasteiger partial charge < -0.3 is 4.74 Å². The lowest BCUT2D eigenvalue weighted by Crippen LogP contribution is -2.14. The second-order valence-electron chi connectivity index (χ2n) is 5.84. The van der Waals surface area contributed by atoms with Crippen molar-refractivity contribution >= 4 is 33.8 Å².